The van der Waals surface area contributed by atoms with Crippen LogP contribution in [0.15, 0.2) is 12.1 Å². The third-order valence-corrected chi connectivity index (χ3v) is 1.20. The predicted molar refractivity (Wildman–Crippen MR) is 31.7 cm³/mol. The number of carbonyl (C=O) groups excluding carboxylic acids is 1. The fraction of sp³-hybridized carbons (Fsp3) is 0. The normalized spacial score (nSPS) is 9.73. The van der Waals surface area contributed by atoms with E-state index in [0.717, 1.165) is 0 Å². The van der Waals surface area contributed by atoms with Crippen LogP contribution in [0.25, 0.3) is 0 Å². The Hall–Kier alpha value is -1.32. The first-order valence-electron chi connectivity index (χ1n) is 2.75. The van der Waals surface area contributed by atoms with Gasteiger partial charge in [0.05, 0.1) is 5.56 Å². The summed E-state index contributed by atoms with van der Waals surface area (Å²) in [5, 5.41) is 0. The van der Waals surface area contributed by atoms with E-state index in [-0.39, 0.29) is 6.29 Å². The van der Waals surface area contributed by atoms with Crippen molar-refractivity contribution >= 4 is 6.29 Å². The molecule has 0 aromatic heterocycles. The largest absolute Gasteiger partial charge is 0.298 e. The van der Waals surface area contributed by atoms with Crippen LogP contribution in [0.2, 0.25) is 0 Å². The SMILES string of the molecule is O=Cc1c(F)ccc(F)c1F. The summed E-state index contributed by atoms with van der Waals surface area (Å²) in [6.45, 7) is 0. The maximum absolute atomic E-state index is 12.4. The van der Waals surface area contributed by atoms with Gasteiger partial charge in [0.1, 0.15) is 5.82 Å². The second-order valence-corrected chi connectivity index (χ2v) is 1.87. The Morgan fingerprint density at radius 2 is 1.64 bits per heavy atom. The van der Waals surface area contributed by atoms with Crippen LogP contribution in [0.1, 0.15) is 10.4 Å². The van der Waals surface area contributed by atoms with Crippen LogP contribution >= 0.6 is 0 Å². The Bertz CT molecular complexity index is 296. The lowest BCUT2D eigenvalue weighted by atomic mass is 10.2. The highest BCUT2D eigenvalue weighted by atomic mass is 19.2. The topological polar surface area (TPSA) is 17.1 Å². The first-order valence-corrected chi connectivity index (χ1v) is 2.75. The Morgan fingerprint density at radius 3 is 2.09 bits per heavy atom. The average molecular weight is 160 g/mol. The number of aldehydes is 1. The van der Waals surface area contributed by atoms with Gasteiger partial charge >= 0.3 is 0 Å². The van der Waals surface area contributed by atoms with Gasteiger partial charge in [0, 0.05) is 0 Å². The van der Waals surface area contributed by atoms with Crippen LogP contribution in [0.3, 0.4) is 0 Å². The molecule has 0 unspecified atom stereocenters. The van der Waals surface area contributed by atoms with E-state index in [4.69, 9.17) is 0 Å². The third-order valence-electron chi connectivity index (χ3n) is 1.20. The van der Waals surface area contributed by atoms with Gasteiger partial charge < -0.3 is 0 Å². The van der Waals surface area contributed by atoms with E-state index >= 15 is 0 Å². The Morgan fingerprint density at radius 1 is 1.09 bits per heavy atom. The summed E-state index contributed by atoms with van der Waals surface area (Å²) in [6.07, 6.45) is -0.0618. The minimum absolute atomic E-state index is 0.0618. The third kappa shape index (κ3) is 1.24. The van der Waals surface area contributed by atoms with Crippen molar-refractivity contribution in [1.82, 2.24) is 0 Å². The fourth-order valence-electron chi connectivity index (χ4n) is 0.651. The van der Waals surface area contributed by atoms with Crippen molar-refractivity contribution in [2.75, 3.05) is 0 Å². The molecule has 0 heterocycles. The average Bonchev–Trinajstić information content (AvgIpc) is 1.99. The van der Waals surface area contributed by atoms with Crippen LogP contribution in [0.4, 0.5) is 13.2 Å². The maximum atomic E-state index is 12.4. The van der Waals surface area contributed by atoms with Crippen molar-refractivity contribution in [2.24, 2.45) is 0 Å². The maximum Gasteiger partial charge on any atom is 0.172 e. The van der Waals surface area contributed by atoms with E-state index in [9.17, 15) is 18.0 Å². The van der Waals surface area contributed by atoms with E-state index in [1.165, 1.54) is 0 Å². The number of hydrogen-bond donors (Lipinski definition) is 0. The van der Waals surface area contributed by atoms with Gasteiger partial charge in [-0.1, -0.05) is 0 Å². The molecular formula is C7H3F3O. The van der Waals surface area contributed by atoms with E-state index in [0.29, 0.717) is 12.1 Å². The number of benzene rings is 1. The molecule has 0 bridgehead atoms. The van der Waals surface area contributed by atoms with Crippen LogP contribution < -0.4 is 0 Å². The molecule has 58 valence electrons. The highest BCUT2D eigenvalue weighted by molar-refractivity contribution is 5.75. The van der Waals surface area contributed by atoms with Gasteiger partial charge in [-0.25, -0.2) is 13.2 Å². The summed E-state index contributed by atoms with van der Waals surface area (Å²) >= 11 is 0. The second kappa shape index (κ2) is 2.74. The first-order chi connectivity index (χ1) is 5.16. The number of hydrogen-bond acceptors (Lipinski definition) is 1. The Kier molecular flexibility index (Phi) is 1.94. The smallest absolute Gasteiger partial charge is 0.172 e. The molecule has 1 aromatic rings. The van der Waals surface area contributed by atoms with Crippen molar-refractivity contribution in [3.05, 3.63) is 35.1 Å². The molecule has 0 fully saturated rings. The lowest BCUT2D eigenvalue weighted by Gasteiger charge is -1.96. The molecule has 0 atom stereocenters. The molecule has 0 aliphatic carbocycles. The summed E-state index contributed by atoms with van der Waals surface area (Å²) in [6, 6.07) is 1.32. The monoisotopic (exact) mass is 160 g/mol. The van der Waals surface area contributed by atoms with Crippen LogP contribution in [-0.2, 0) is 0 Å². The molecule has 0 radical (unpaired) electrons. The summed E-state index contributed by atoms with van der Waals surface area (Å²) in [5.74, 6) is -3.73. The zero-order chi connectivity index (χ0) is 8.43. The van der Waals surface area contributed by atoms with Crippen molar-refractivity contribution in [2.45, 2.75) is 0 Å². The predicted octanol–water partition coefficient (Wildman–Crippen LogP) is 1.92. The van der Waals surface area contributed by atoms with Gasteiger partial charge in [-0.2, -0.15) is 0 Å². The second-order valence-electron chi connectivity index (χ2n) is 1.87. The number of halogens is 3. The summed E-state index contributed by atoms with van der Waals surface area (Å²) < 4.78 is 37.1. The highest BCUT2D eigenvalue weighted by Gasteiger charge is 2.11. The minimum atomic E-state index is -1.44. The van der Waals surface area contributed by atoms with Gasteiger partial charge in [-0.3, -0.25) is 4.79 Å². The molecule has 0 spiro atoms. The molecule has 0 N–H and O–H groups in total. The molecule has 0 amide bonds. The van der Waals surface area contributed by atoms with E-state index < -0.39 is 23.0 Å². The Balaban J connectivity index is 3.40. The zero-order valence-corrected chi connectivity index (χ0v) is 5.27. The van der Waals surface area contributed by atoms with Gasteiger partial charge in [0.2, 0.25) is 0 Å². The molecule has 1 rings (SSSR count). The van der Waals surface area contributed by atoms with Crippen molar-refractivity contribution < 1.29 is 18.0 Å². The van der Waals surface area contributed by atoms with Crippen LogP contribution in [0.5, 0.6) is 0 Å². The van der Waals surface area contributed by atoms with Crippen LogP contribution in [-0.4, -0.2) is 6.29 Å². The number of carbonyl (C=O) groups is 1. The molecule has 0 aliphatic rings. The quantitative estimate of drug-likeness (QED) is 0.453. The first kappa shape index (κ1) is 7.78. The molecule has 11 heavy (non-hydrogen) atoms. The molecule has 0 saturated heterocycles. The van der Waals surface area contributed by atoms with Crippen molar-refractivity contribution in [1.29, 1.82) is 0 Å². The van der Waals surface area contributed by atoms with Gasteiger partial charge in [-0.15, -0.1) is 0 Å². The molecular weight excluding hydrogens is 157 g/mol. The fourth-order valence-corrected chi connectivity index (χ4v) is 0.651. The van der Waals surface area contributed by atoms with E-state index in [1.54, 1.807) is 0 Å². The molecule has 1 aromatic carbocycles. The lowest BCUT2D eigenvalue weighted by molar-refractivity contribution is 0.111. The standard InChI is InChI=1S/C7H3F3O/c8-5-1-2-6(9)7(10)4(5)3-11/h1-3H. The molecule has 0 aliphatic heterocycles. The summed E-state index contributed by atoms with van der Waals surface area (Å²) in [4.78, 5) is 9.95. The van der Waals surface area contributed by atoms with Crippen molar-refractivity contribution in [3.8, 4) is 0 Å². The van der Waals surface area contributed by atoms with Gasteiger partial charge in [0.15, 0.2) is 17.9 Å². The van der Waals surface area contributed by atoms with Gasteiger partial charge in [0.25, 0.3) is 0 Å². The van der Waals surface area contributed by atoms with E-state index in [2.05, 4.69) is 0 Å². The molecule has 1 nitrogen and oxygen atoms in total. The minimum Gasteiger partial charge on any atom is -0.298 e. The van der Waals surface area contributed by atoms with Crippen molar-refractivity contribution in [3.63, 3.8) is 0 Å². The van der Waals surface area contributed by atoms with Crippen LogP contribution in [0, 0.1) is 17.5 Å². The van der Waals surface area contributed by atoms with Gasteiger partial charge in [-0.05, 0) is 12.1 Å². The van der Waals surface area contributed by atoms with E-state index in [1.807, 2.05) is 0 Å². The zero-order valence-electron chi connectivity index (χ0n) is 5.27. The highest BCUT2D eigenvalue weighted by Crippen LogP contribution is 2.12. The Labute approximate surface area is 60.5 Å². The summed E-state index contributed by atoms with van der Waals surface area (Å²) in [5.41, 5.74) is -0.870. The summed E-state index contributed by atoms with van der Waals surface area (Å²) in [7, 11) is 0. The number of rotatable bonds is 1. The molecule has 0 saturated carbocycles. The lowest BCUT2D eigenvalue weighted by Crippen LogP contribution is -1.96. The molecule has 4 heteroatoms.